The summed E-state index contributed by atoms with van der Waals surface area (Å²) < 4.78 is 29.5. The molecule has 5 nitrogen and oxygen atoms in total. The summed E-state index contributed by atoms with van der Waals surface area (Å²) in [4.78, 5) is 11.3. The Morgan fingerprint density at radius 2 is 2.07 bits per heavy atom. The Balaban J connectivity index is 2.80. The van der Waals surface area contributed by atoms with E-state index in [4.69, 9.17) is 4.74 Å². The minimum Gasteiger partial charge on any atom is -0.496 e. The van der Waals surface area contributed by atoms with E-state index in [0.717, 1.165) is 0 Å². The van der Waals surface area contributed by atoms with Crippen molar-refractivity contribution in [3.05, 3.63) is 23.8 Å². The van der Waals surface area contributed by atoms with Crippen molar-refractivity contribution in [2.45, 2.75) is 4.90 Å². The standard InChI is InChI=1S/C8H7NO4S/c1-13-5-3-2-4-6-7(5)8(10)9-14(6,11)12/h2-4H,1H3,(H,9,10). The van der Waals surface area contributed by atoms with Crippen molar-refractivity contribution in [1.29, 1.82) is 0 Å². The summed E-state index contributed by atoms with van der Waals surface area (Å²) in [5, 5.41) is 0. The van der Waals surface area contributed by atoms with Crippen molar-refractivity contribution in [1.82, 2.24) is 4.72 Å². The maximum Gasteiger partial charge on any atom is 0.270 e. The monoisotopic (exact) mass is 213 g/mol. The lowest BCUT2D eigenvalue weighted by atomic mass is 10.2. The van der Waals surface area contributed by atoms with Crippen molar-refractivity contribution >= 4 is 15.9 Å². The molecule has 0 saturated carbocycles. The molecule has 0 atom stereocenters. The lowest BCUT2D eigenvalue weighted by Gasteiger charge is -2.01. The summed E-state index contributed by atoms with van der Waals surface area (Å²) in [6.07, 6.45) is 0. The molecule has 1 aliphatic heterocycles. The molecule has 0 saturated heterocycles. The zero-order valence-corrected chi connectivity index (χ0v) is 8.09. The zero-order chi connectivity index (χ0) is 10.3. The molecule has 1 amide bonds. The van der Waals surface area contributed by atoms with Gasteiger partial charge in [0.1, 0.15) is 16.2 Å². The van der Waals surface area contributed by atoms with Crippen LogP contribution in [0, 0.1) is 0 Å². The van der Waals surface area contributed by atoms with Crippen LogP contribution in [0.2, 0.25) is 0 Å². The Morgan fingerprint density at radius 1 is 1.36 bits per heavy atom. The summed E-state index contributed by atoms with van der Waals surface area (Å²) in [6, 6.07) is 4.43. The molecule has 1 aromatic rings. The normalized spacial score (nSPS) is 17.4. The van der Waals surface area contributed by atoms with Gasteiger partial charge in [-0.25, -0.2) is 13.1 Å². The Bertz CT molecular complexity index is 506. The van der Waals surface area contributed by atoms with Crippen LogP contribution in [0.15, 0.2) is 23.1 Å². The van der Waals surface area contributed by atoms with Crippen molar-refractivity contribution < 1.29 is 17.9 Å². The molecule has 74 valence electrons. The van der Waals surface area contributed by atoms with E-state index < -0.39 is 15.9 Å². The Morgan fingerprint density at radius 3 is 2.71 bits per heavy atom. The van der Waals surface area contributed by atoms with Crippen LogP contribution in [0.3, 0.4) is 0 Å². The van der Waals surface area contributed by atoms with E-state index in [1.165, 1.54) is 19.2 Å². The second-order valence-corrected chi connectivity index (χ2v) is 4.42. The number of methoxy groups -OCH3 is 1. The maximum atomic E-state index is 11.3. The van der Waals surface area contributed by atoms with Gasteiger partial charge in [0.05, 0.1) is 7.11 Å². The molecule has 1 N–H and O–H groups in total. The van der Waals surface area contributed by atoms with Gasteiger partial charge in [-0.1, -0.05) is 6.07 Å². The van der Waals surface area contributed by atoms with E-state index in [-0.39, 0.29) is 16.2 Å². The van der Waals surface area contributed by atoms with Crippen LogP contribution in [0.5, 0.6) is 5.75 Å². The van der Waals surface area contributed by atoms with Gasteiger partial charge in [-0.05, 0) is 12.1 Å². The summed E-state index contributed by atoms with van der Waals surface area (Å²) in [7, 11) is -2.28. The summed E-state index contributed by atoms with van der Waals surface area (Å²) in [5.41, 5.74) is 0.0787. The molecule has 0 fully saturated rings. The molecule has 0 aliphatic carbocycles. The fourth-order valence-corrected chi connectivity index (χ4v) is 2.53. The van der Waals surface area contributed by atoms with E-state index in [1.807, 2.05) is 4.72 Å². The predicted octanol–water partition coefficient (Wildman–Crippen LogP) is 0.127. The van der Waals surface area contributed by atoms with Crippen LogP contribution >= 0.6 is 0 Å². The van der Waals surface area contributed by atoms with Gasteiger partial charge in [0, 0.05) is 0 Å². The maximum absolute atomic E-state index is 11.3. The molecule has 0 aromatic heterocycles. The highest BCUT2D eigenvalue weighted by Gasteiger charge is 2.34. The highest BCUT2D eigenvalue weighted by atomic mass is 32.2. The largest absolute Gasteiger partial charge is 0.496 e. The molecule has 0 unspecified atom stereocenters. The first-order valence-corrected chi connectivity index (χ1v) is 5.29. The van der Waals surface area contributed by atoms with Gasteiger partial charge >= 0.3 is 0 Å². The lowest BCUT2D eigenvalue weighted by molar-refractivity contribution is 0.0982. The average Bonchev–Trinajstić information content (AvgIpc) is 2.38. The number of amides is 1. The molecular formula is C8H7NO4S. The Hall–Kier alpha value is -1.56. The van der Waals surface area contributed by atoms with E-state index >= 15 is 0 Å². The highest BCUT2D eigenvalue weighted by molar-refractivity contribution is 7.90. The van der Waals surface area contributed by atoms with Crippen LogP contribution in [-0.4, -0.2) is 21.4 Å². The van der Waals surface area contributed by atoms with E-state index in [2.05, 4.69) is 0 Å². The molecule has 6 heteroatoms. The topological polar surface area (TPSA) is 72.5 Å². The van der Waals surface area contributed by atoms with Gasteiger partial charge < -0.3 is 4.74 Å². The van der Waals surface area contributed by atoms with Gasteiger partial charge in [-0.2, -0.15) is 0 Å². The average molecular weight is 213 g/mol. The van der Waals surface area contributed by atoms with Gasteiger partial charge in [-0.3, -0.25) is 4.79 Å². The van der Waals surface area contributed by atoms with E-state index in [0.29, 0.717) is 0 Å². The van der Waals surface area contributed by atoms with Crippen molar-refractivity contribution in [2.75, 3.05) is 7.11 Å². The van der Waals surface area contributed by atoms with Crippen molar-refractivity contribution in [2.24, 2.45) is 0 Å². The quantitative estimate of drug-likeness (QED) is 0.719. The van der Waals surface area contributed by atoms with Gasteiger partial charge in [0.25, 0.3) is 15.9 Å². The Kier molecular flexibility index (Phi) is 1.75. The first kappa shape index (κ1) is 9.01. The second-order valence-electron chi connectivity index (χ2n) is 2.77. The van der Waals surface area contributed by atoms with Crippen LogP contribution in [0.1, 0.15) is 10.4 Å². The minimum atomic E-state index is -3.67. The number of hydrogen-bond donors (Lipinski definition) is 1. The number of sulfonamides is 1. The van der Waals surface area contributed by atoms with Crippen molar-refractivity contribution in [3.63, 3.8) is 0 Å². The summed E-state index contributed by atoms with van der Waals surface area (Å²) in [6.45, 7) is 0. The van der Waals surface area contributed by atoms with Gasteiger partial charge in [0.15, 0.2) is 0 Å². The van der Waals surface area contributed by atoms with Crippen LogP contribution < -0.4 is 9.46 Å². The molecular weight excluding hydrogens is 206 g/mol. The predicted molar refractivity (Wildman–Crippen MR) is 47.6 cm³/mol. The fourth-order valence-electron chi connectivity index (χ4n) is 1.36. The molecule has 0 bridgehead atoms. The first-order valence-electron chi connectivity index (χ1n) is 3.80. The lowest BCUT2D eigenvalue weighted by Crippen LogP contribution is -2.20. The number of ether oxygens (including phenoxy) is 1. The van der Waals surface area contributed by atoms with E-state index in [9.17, 15) is 13.2 Å². The zero-order valence-electron chi connectivity index (χ0n) is 7.27. The fraction of sp³-hybridized carbons (Fsp3) is 0.125. The molecule has 1 aromatic carbocycles. The first-order chi connectivity index (χ1) is 6.56. The summed E-state index contributed by atoms with van der Waals surface area (Å²) >= 11 is 0. The number of rotatable bonds is 1. The molecule has 2 rings (SSSR count). The van der Waals surface area contributed by atoms with Crippen LogP contribution in [0.25, 0.3) is 0 Å². The molecule has 1 heterocycles. The number of hydrogen-bond acceptors (Lipinski definition) is 4. The van der Waals surface area contributed by atoms with E-state index in [1.54, 1.807) is 6.07 Å². The third-order valence-electron chi connectivity index (χ3n) is 1.95. The number of carbonyl (C=O) groups is 1. The number of fused-ring (bicyclic) bond motifs is 1. The third-order valence-corrected chi connectivity index (χ3v) is 3.32. The second kappa shape index (κ2) is 2.71. The van der Waals surface area contributed by atoms with Crippen molar-refractivity contribution in [3.8, 4) is 5.75 Å². The van der Waals surface area contributed by atoms with Gasteiger partial charge in [-0.15, -0.1) is 0 Å². The SMILES string of the molecule is COc1cccc2c1C(=O)NS2(=O)=O. The molecule has 14 heavy (non-hydrogen) atoms. The minimum absolute atomic E-state index is 0.0261. The molecule has 1 aliphatic rings. The third kappa shape index (κ3) is 1.07. The summed E-state index contributed by atoms with van der Waals surface area (Å²) in [5.74, 6) is -0.376. The number of benzene rings is 1. The molecule has 0 radical (unpaired) electrons. The number of nitrogens with one attached hydrogen (secondary N) is 1. The van der Waals surface area contributed by atoms with Crippen LogP contribution in [-0.2, 0) is 10.0 Å². The van der Waals surface area contributed by atoms with Gasteiger partial charge in [0.2, 0.25) is 0 Å². The Labute approximate surface area is 80.7 Å². The molecule has 0 spiro atoms. The number of carbonyl (C=O) groups excluding carboxylic acids is 1. The van der Waals surface area contributed by atoms with Crippen LogP contribution in [0.4, 0.5) is 0 Å². The smallest absolute Gasteiger partial charge is 0.270 e. The highest BCUT2D eigenvalue weighted by Crippen LogP contribution is 2.29.